The van der Waals surface area contributed by atoms with E-state index in [1.165, 1.54) is 26.2 Å². The van der Waals surface area contributed by atoms with Crippen molar-refractivity contribution in [3.63, 3.8) is 0 Å². The molecule has 0 aliphatic rings. The number of carbonyl (C=O) groups is 1. The zero-order valence-corrected chi connectivity index (χ0v) is 19.4. The first-order valence-electron chi connectivity index (χ1n) is 9.93. The van der Waals surface area contributed by atoms with Crippen LogP contribution in [0.15, 0.2) is 30.3 Å². The molecule has 0 saturated heterocycles. The highest BCUT2D eigenvalue weighted by Gasteiger charge is 2.26. The molecule has 10 heteroatoms. The van der Waals surface area contributed by atoms with E-state index in [1.54, 1.807) is 19.1 Å². The summed E-state index contributed by atoms with van der Waals surface area (Å²) in [5.74, 6) is -1.81. The van der Waals surface area contributed by atoms with Crippen LogP contribution in [0.2, 0.25) is 10.0 Å². The standard InChI is InChI=1S/C23H20Cl2F3NO4/c1-4-17-14(9-12-5-6-13(24)10-15(12)25)21(33-23(27)28)19-18(32-11(2)22(30)31-3)8-7-16(26)20(19)29-17/h5-8,10-11,23H,4,9H2,1-3H3/t11-/m0/s1. The van der Waals surface area contributed by atoms with Gasteiger partial charge in [-0.1, -0.05) is 36.2 Å². The van der Waals surface area contributed by atoms with Crippen molar-refractivity contribution in [3.05, 3.63) is 63.0 Å². The highest BCUT2D eigenvalue weighted by atomic mass is 35.5. The molecule has 33 heavy (non-hydrogen) atoms. The molecule has 176 valence electrons. The predicted octanol–water partition coefficient (Wildman–Crippen LogP) is 6.38. The van der Waals surface area contributed by atoms with Gasteiger partial charge in [0.1, 0.15) is 22.8 Å². The molecule has 1 heterocycles. The van der Waals surface area contributed by atoms with Gasteiger partial charge in [0.2, 0.25) is 0 Å². The summed E-state index contributed by atoms with van der Waals surface area (Å²) >= 11 is 12.3. The summed E-state index contributed by atoms with van der Waals surface area (Å²) < 4.78 is 56.9. The molecule has 1 atom stereocenters. The minimum atomic E-state index is -3.21. The van der Waals surface area contributed by atoms with Gasteiger partial charge in [0, 0.05) is 27.7 Å². The van der Waals surface area contributed by atoms with Crippen molar-refractivity contribution in [1.29, 1.82) is 0 Å². The molecule has 2 aromatic carbocycles. The van der Waals surface area contributed by atoms with Crippen LogP contribution in [-0.4, -0.2) is 30.8 Å². The highest BCUT2D eigenvalue weighted by Crippen LogP contribution is 2.41. The number of benzene rings is 2. The SMILES string of the molecule is CCc1nc2c(F)ccc(O[C@@H](C)C(=O)OC)c2c(OC(F)F)c1Cc1ccc(Cl)cc1Cl. The van der Waals surface area contributed by atoms with Gasteiger partial charge in [0.15, 0.2) is 6.10 Å². The molecular formula is C23H20Cl2F3NO4. The number of hydrogen-bond donors (Lipinski definition) is 0. The minimum absolute atomic E-state index is 0.0569. The van der Waals surface area contributed by atoms with E-state index in [1.807, 2.05) is 0 Å². The summed E-state index contributed by atoms with van der Waals surface area (Å²) in [7, 11) is 1.18. The Bertz CT molecular complexity index is 1190. The third-order valence-corrected chi connectivity index (χ3v) is 5.53. The van der Waals surface area contributed by atoms with Crippen molar-refractivity contribution in [2.45, 2.75) is 39.4 Å². The van der Waals surface area contributed by atoms with Gasteiger partial charge < -0.3 is 14.2 Å². The fraction of sp³-hybridized carbons (Fsp3) is 0.304. The lowest BCUT2D eigenvalue weighted by atomic mass is 9.98. The third kappa shape index (κ3) is 5.45. The number of pyridine rings is 1. The topological polar surface area (TPSA) is 57.7 Å². The molecule has 0 bridgehead atoms. The molecule has 0 amide bonds. The quantitative estimate of drug-likeness (QED) is 0.335. The summed E-state index contributed by atoms with van der Waals surface area (Å²) in [6, 6.07) is 7.10. The number of halogens is 5. The Hall–Kier alpha value is -2.71. The number of ether oxygens (including phenoxy) is 3. The molecule has 0 radical (unpaired) electrons. The number of methoxy groups -OCH3 is 1. The Kier molecular flexibility index (Phi) is 7.92. The smallest absolute Gasteiger partial charge is 0.387 e. The Morgan fingerprint density at radius 2 is 1.88 bits per heavy atom. The van der Waals surface area contributed by atoms with Gasteiger partial charge in [-0.3, -0.25) is 0 Å². The lowest BCUT2D eigenvalue weighted by Crippen LogP contribution is -2.25. The molecule has 0 saturated carbocycles. The van der Waals surface area contributed by atoms with E-state index in [0.29, 0.717) is 27.7 Å². The van der Waals surface area contributed by atoms with Crippen LogP contribution < -0.4 is 9.47 Å². The zero-order valence-electron chi connectivity index (χ0n) is 17.9. The van der Waals surface area contributed by atoms with Crippen molar-refractivity contribution >= 4 is 40.1 Å². The van der Waals surface area contributed by atoms with E-state index in [9.17, 15) is 18.0 Å². The number of alkyl halides is 2. The molecule has 0 fully saturated rings. The Labute approximate surface area is 198 Å². The van der Waals surface area contributed by atoms with Crippen LogP contribution >= 0.6 is 23.2 Å². The maximum absolute atomic E-state index is 14.7. The first-order valence-corrected chi connectivity index (χ1v) is 10.7. The lowest BCUT2D eigenvalue weighted by molar-refractivity contribution is -0.147. The van der Waals surface area contributed by atoms with Crippen LogP contribution in [0, 0.1) is 5.82 Å². The molecule has 3 rings (SSSR count). The molecule has 0 spiro atoms. The molecule has 1 aromatic heterocycles. The Morgan fingerprint density at radius 3 is 2.48 bits per heavy atom. The van der Waals surface area contributed by atoms with Gasteiger partial charge in [-0.15, -0.1) is 0 Å². The van der Waals surface area contributed by atoms with Crippen molar-refractivity contribution in [2.24, 2.45) is 0 Å². The average molecular weight is 502 g/mol. The third-order valence-electron chi connectivity index (χ3n) is 4.95. The fourth-order valence-corrected chi connectivity index (χ4v) is 3.89. The second-order valence-corrected chi connectivity index (χ2v) is 7.91. The van der Waals surface area contributed by atoms with Gasteiger partial charge in [0.05, 0.1) is 12.5 Å². The second kappa shape index (κ2) is 10.5. The number of esters is 1. The molecular weight excluding hydrogens is 482 g/mol. The summed E-state index contributed by atoms with van der Waals surface area (Å²) in [4.78, 5) is 16.2. The number of hydrogen-bond acceptors (Lipinski definition) is 5. The number of fused-ring (bicyclic) bond motifs is 1. The summed E-state index contributed by atoms with van der Waals surface area (Å²) in [5.41, 5.74) is 0.998. The maximum Gasteiger partial charge on any atom is 0.387 e. The van der Waals surface area contributed by atoms with Crippen molar-refractivity contribution < 1.29 is 32.2 Å². The largest absolute Gasteiger partial charge is 0.478 e. The van der Waals surface area contributed by atoms with Crippen LogP contribution in [0.4, 0.5) is 13.2 Å². The number of nitrogens with zero attached hydrogens (tertiary/aromatic N) is 1. The van der Waals surface area contributed by atoms with E-state index >= 15 is 0 Å². The van der Waals surface area contributed by atoms with Crippen LogP contribution in [0.3, 0.4) is 0 Å². The fourth-order valence-electron chi connectivity index (χ4n) is 3.41. The minimum Gasteiger partial charge on any atom is -0.478 e. The summed E-state index contributed by atoms with van der Waals surface area (Å²) in [6.07, 6.45) is -0.727. The van der Waals surface area contributed by atoms with Crippen LogP contribution in [0.1, 0.15) is 30.7 Å². The van der Waals surface area contributed by atoms with Gasteiger partial charge in [-0.2, -0.15) is 8.78 Å². The molecule has 3 aromatic rings. The number of carbonyl (C=O) groups excluding carboxylic acids is 1. The second-order valence-electron chi connectivity index (χ2n) is 7.06. The van der Waals surface area contributed by atoms with E-state index in [2.05, 4.69) is 9.72 Å². The number of rotatable bonds is 8. The average Bonchev–Trinajstić information content (AvgIpc) is 2.77. The summed E-state index contributed by atoms with van der Waals surface area (Å²) in [6.45, 7) is -0.0456. The van der Waals surface area contributed by atoms with Crippen molar-refractivity contribution in [1.82, 2.24) is 4.98 Å². The Balaban J connectivity index is 2.30. The van der Waals surface area contributed by atoms with Gasteiger partial charge in [-0.05, 0) is 43.2 Å². The van der Waals surface area contributed by atoms with Gasteiger partial charge >= 0.3 is 12.6 Å². The van der Waals surface area contributed by atoms with Crippen LogP contribution in [0.25, 0.3) is 10.9 Å². The highest BCUT2D eigenvalue weighted by molar-refractivity contribution is 6.35. The maximum atomic E-state index is 14.7. The first-order chi connectivity index (χ1) is 15.7. The van der Waals surface area contributed by atoms with Gasteiger partial charge in [-0.25, -0.2) is 14.2 Å². The predicted molar refractivity (Wildman–Crippen MR) is 119 cm³/mol. The van der Waals surface area contributed by atoms with E-state index in [4.69, 9.17) is 32.7 Å². The van der Waals surface area contributed by atoms with E-state index in [-0.39, 0.29) is 34.4 Å². The van der Waals surface area contributed by atoms with Crippen molar-refractivity contribution in [2.75, 3.05) is 7.11 Å². The van der Waals surface area contributed by atoms with Crippen molar-refractivity contribution in [3.8, 4) is 11.5 Å². The number of aryl methyl sites for hydroxylation is 1. The summed E-state index contributed by atoms with van der Waals surface area (Å²) in [5, 5.41) is 0.612. The lowest BCUT2D eigenvalue weighted by Gasteiger charge is -2.21. The van der Waals surface area contributed by atoms with Crippen LogP contribution in [0.5, 0.6) is 11.5 Å². The van der Waals surface area contributed by atoms with E-state index in [0.717, 1.165) is 6.07 Å². The molecule has 0 N–H and O–H groups in total. The Morgan fingerprint density at radius 1 is 1.15 bits per heavy atom. The monoisotopic (exact) mass is 501 g/mol. The molecule has 5 nitrogen and oxygen atoms in total. The molecule has 0 unspecified atom stereocenters. The van der Waals surface area contributed by atoms with E-state index < -0.39 is 24.5 Å². The molecule has 0 aliphatic carbocycles. The molecule has 0 aliphatic heterocycles. The number of aromatic nitrogens is 1. The zero-order chi connectivity index (χ0) is 24.3. The van der Waals surface area contributed by atoms with Gasteiger partial charge in [0.25, 0.3) is 0 Å². The normalized spacial score (nSPS) is 12.2. The van der Waals surface area contributed by atoms with Crippen LogP contribution in [-0.2, 0) is 22.4 Å². The first kappa shape index (κ1) is 24.9.